The zero-order valence-corrected chi connectivity index (χ0v) is 54.2. The van der Waals surface area contributed by atoms with Gasteiger partial charge >= 0.3 is 12.1 Å². The maximum atomic E-state index is 17.4. The van der Waals surface area contributed by atoms with Crippen LogP contribution in [0.4, 0.5) is 19.4 Å². The number of rotatable bonds is 17. The summed E-state index contributed by atoms with van der Waals surface area (Å²) in [4.78, 5) is 84.8. The number of ether oxygens (including phenoxy) is 2. The maximum absolute atomic E-state index is 17.4. The normalized spacial score (nSPS) is 21.6. The van der Waals surface area contributed by atoms with Crippen LogP contribution in [0.5, 0.6) is 11.8 Å². The lowest BCUT2D eigenvalue weighted by Gasteiger charge is -2.42. The van der Waals surface area contributed by atoms with E-state index in [4.69, 9.17) is 24.4 Å². The van der Waals surface area contributed by atoms with Gasteiger partial charge in [-0.15, -0.1) is 11.3 Å². The predicted octanol–water partition coefficient (Wildman–Crippen LogP) is 9.93. The fourth-order valence-electron chi connectivity index (χ4n) is 14.1. The first-order valence-electron chi connectivity index (χ1n) is 32.0. The maximum Gasteiger partial charge on any atom is 0.410 e. The lowest BCUT2D eigenvalue weighted by molar-refractivity contribution is -0.144. The quantitative estimate of drug-likeness (QED) is 0.0668. The summed E-state index contributed by atoms with van der Waals surface area (Å²) in [7, 11) is 0. The number of nitrogens with zero attached hydrogens (tertiary/aromatic N) is 9. The van der Waals surface area contributed by atoms with Crippen molar-refractivity contribution in [2.24, 2.45) is 11.3 Å². The number of aryl methyl sites for hydroxylation is 2. The number of β-amino-alcohol motifs (C(OH)–C–C–N with tert-alkyl or cyclic N) is 1. The van der Waals surface area contributed by atoms with Crippen LogP contribution in [0.1, 0.15) is 130 Å². The van der Waals surface area contributed by atoms with Crippen LogP contribution in [0.25, 0.3) is 43.4 Å². The molecule has 4 amide bonds. The lowest BCUT2D eigenvalue weighted by atomic mass is 9.80. The molecule has 0 spiro atoms. The topological polar surface area (TPSA) is 219 Å². The molecule has 3 aromatic heterocycles. The number of carbonyl (C=O) groups is 4. The largest absolute Gasteiger partial charge is 0.508 e. The van der Waals surface area contributed by atoms with E-state index >= 15 is 8.78 Å². The van der Waals surface area contributed by atoms with Gasteiger partial charge < -0.3 is 40.1 Å². The number of pyridine rings is 1. The number of aliphatic hydroxyl groups is 1. The number of thiazole rings is 1. The molecular weight excluding hydrogens is 1170 g/mol. The van der Waals surface area contributed by atoms with Gasteiger partial charge in [-0.25, -0.2) is 18.6 Å². The number of aromatic hydroxyl groups is 1. The summed E-state index contributed by atoms with van der Waals surface area (Å²) in [6.07, 6.45) is 5.26. The third-order valence-corrected chi connectivity index (χ3v) is 19.9. The van der Waals surface area contributed by atoms with E-state index in [1.165, 1.54) is 4.90 Å². The van der Waals surface area contributed by atoms with E-state index in [-0.39, 0.29) is 104 Å². The van der Waals surface area contributed by atoms with Crippen LogP contribution in [-0.2, 0) is 25.5 Å². The monoisotopic (exact) mass is 1260 g/mol. The van der Waals surface area contributed by atoms with Gasteiger partial charge in [-0.1, -0.05) is 70.2 Å². The van der Waals surface area contributed by atoms with Crippen LogP contribution in [0, 0.1) is 24.1 Å². The molecule has 2 unspecified atom stereocenters. The fourth-order valence-corrected chi connectivity index (χ4v) is 14.9. The van der Waals surface area contributed by atoms with Crippen molar-refractivity contribution in [1.82, 2.24) is 50.2 Å². The highest BCUT2D eigenvalue weighted by atomic mass is 32.1. The summed E-state index contributed by atoms with van der Waals surface area (Å²) in [6.45, 7) is 20.9. The van der Waals surface area contributed by atoms with E-state index in [0.717, 1.165) is 76.8 Å². The molecule has 90 heavy (non-hydrogen) atoms. The number of carbonyl (C=O) groups excluding carboxylic acids is 4. The molecule has 5 aliphatic heterocycles. The molecule has 4 N–H and O–H groups in total. The average molecular weight is 1260 g/mol. The Morgan fingerprint density at radius 3 is 2.26 bits per heavy atom. The van der Waals surface area contributed by atoms with Crippen LogP contribution in [0.15, 0.2) is 66.3 Å². The summed E-state index contributed by atoms with van der Waals surface area (Å²) in [5.74, 6) is -1.23. The molecule has 6 atom stereocenters. The highest BCUT2D eigenvalue weighted by molar-refractivity contribution is 7.13. The molecule has 5 aliphatic rings. The van der Waals surface area contributed by atoms with Gasteiger partial charge in [-0.2, -0.15) is 9.97 Å². The number of aliphatic hydroxyl groups excluding tert-OH is 1. The number of aromatic nitrogens is 4. The Balaban J connectivity index is 0.681. The van der Waals surface area contributed by atoms with Gasteiger partial charge in [0.2, 0.25) is 17.7 Å². The molecule has 6 aromatic rings. The molecular formula is C68H87F2N11O8S. The zero-order valence-electron chi connectivity index (χ0n) is 53.4. The van der Waals surface area contributed by atoms with Crippen LogP contribution in [-0.4, -0.2) is 181 Å². The van der Waals surface area contributed by atoms with Crippen molar-refractivity contribution in [3.8, 4) is 33.5 Å². The van der Waals surface area contributed by atoms with E-state index in [1.807, 2.05) is 120 Å². The smallest absolute Gasteiger partial charge is 0.410 e. The molecule has 3 aromatic carbocycles. The second-order valence-corrected chi connectivity index (χ2v) is 28.6. The Hall–Kier alpha value is -7.14. The summed E-state index contributed by atoms with van der Waals surface area (Å²) < 4.78 is 46.3. The first kappa shape index (κ1) is 64.4. The van der Waals surface area contributed by atoms with Gasteiger partial charge in [0.05, 0.1) is 52.2 Å². The average Bonchev–Trinajstić information content (AvgIpc) is 0.950. The number of phenolic OH excluding ortho intramolecular Hbond substituents is 1. The minimum Gasteiger partial charge on any atom is -0.508 e. The molecule has 8 heterocycles. The van der Waals surface area contributed by atoms with Crippen LogP contribution in [0.2, 0.25) is 0 Å². The van der Waals surface area contributed by atoms with Crippen molar-refractivity contribution in [3.63, 3.8) is 0 Å². The number of nitrogens with one attached hydrogen (secondary N) is 2. The number of hydrogen-bond donors (Lipinski definition) is 4. The number of piperazine rings is 1. The van der Waals surface area contributed by atoms with Crippen molar-refractivity contribution in [1.29, 1.82) is 0 Å². The third kappa shape index (κ3) is 14.2. The van der Waals surface area contributed by atoms with Crippen LogP contribution in [0.3, 0.4) is 0 Å². The Labute approximate surface area is 529 Å². The predicted molar refractivity (Wildman–Crippen MR) is 344 cm³/mol. The van der Waals surface area contributed by atoms with Crippen molar-refractivity contribution in [3.05, 3.63) is 88.9 Å². The lowest BCUT2D eigenvalue weighted by Crippen LogP contribution is -2.59. The van der Waals surface area contributed by atoms with Gasteiger partial charge in [0.1, 0.15) is 52.7 Å². The number of alkyl halides is 1. The number of anilines is 1. The summed E-state index contributed by atoms with van der Waals surface area (Å²) in [5.41, 5.74) is 3.44. The van der Waals surface area contributed by atoms with Gasteiger partial charge in [-0.05, 0) is 150 Å². The summed E-state index contributed by atoms with van der Waals surface area (Å²) in [5, 5.41) is 29.7. The number of likely N-dealkylation sites (tertiary alicyclic amines) is 3. The highest BCUT2D eigenvalue weighted by Gasteiger charge is 2.47. The first-order valence-corrected chi connectivity index (χ1v) is 32.9. The molecule has 5 saturated heterocycles. The van der Waals surface area contributed by atoms with Crippen molar-refractivity contribution in [2.45, 2.75) is 168 Å². The second-order valence-electron chi connectivity index (χ2n) is 27.7. The van der Waals surface area contributed by atoms with E-state index in [1.54, 1.807) is 29.7 Å². The van der Waals surface area contributed by atoms with E-state index in [0.29, 0.717) is 62.3 Å². The minimum atomic E-state index is -1.38. The molecule has 5 fully saturated rings. The second kappa shape index (κ2) is 26.2. The van der Waals surface area contributed by atoms with E-state index < -0.39 is 46.6 Å². The Kier molecular flexibility index (Phi) is 18.8. The van der Waals surface area contributed by atoms with Crippen LogP contribution < -0.4 is 20.3 Å². The molecule has 19 nitrogen and oxygen atoms in total. The molecule has 2 bridgehead atoms. The van der Waals surface area contributed by atoms with Crippen LogP contribution >= 0.6 is 11.3 Å². The number of piperidine rings is 2. The summed E-state index contributed by atoms with van der Waals surface area (Å²) >= 11 is 1.57. The number of amides is 4. The molecule has 11 rings (SSSR count). The molecule has 0 radical (unpaired) electrons. The number of benzene rings is 3. The van der Waals surface area contributed by atoms with Gasteiger partial charge in [0.15, 0.2) is 5.82 Å². The molecule has 0 saturated carbocycles. The number of halogens is 2. The fraction of sp³-hybridized carbons (Fsp3) is 0.559. The Morgan fingerprint density at radius 1 is 0.889 bits per heavy atom. The first-order chi connectivity index (χ1) is 42.8. The zero-order chi connectivity index (χ0) is 64.0. The molecule has 22 heteroatoms. The van der Waals surface area contributed by atoms with Gasteiger partial charge in [0, 0.05) is 57.4 Å². The summed E-state index contributed by atoms with van der Waals surface area (Å²) in [6, 6.07) is 14.4. The van der Waals surface area contributed by atoms with Gasteiger partial charge in [0.25, 0.3) is 0 Å². The van der Waals surface area contributed by atoms with Crippen molar-refractivity contribution < 1.29 is 47.6 Å². The Morgan fingerprint density at radius 2 is 1.60 bits per heavy atom. The highest BCUT2D eigenvalue weighted by Crippen LogP contribution is 2.42. The van der Waals surface area contributed by atoms with Gasteiger partial charge in [-0.3, -0.25) is 34.1 Å². The van der Waals surface area contributed by atoms with Crippen molar-refractivity contribution in [2.75, 3.05) is 70.4 Å². The van der Waals surface area contributed by atoms with E-state index in [9.17, 15) is 29.4 Å². The minimum absolute atomic E-state index is 0.00929. The van der Waals surface area contributed by atoms with Crippen molar-refractivity contribution >= 4 is 62.6 Å². The molecule has 0 aliphatic carbocycles. The number of hydrogen-bond acceptors (Lipinski definition) is 16. The number of fused-ring (bicyclic) bond motifs is 4. The Bertz CT molecular complexity index is 3600. The third-order valence-electron chi connectivity index (χ3n) is 18.9. The molecule has 482 valence electrons. The number of phenols is 1. The van der Waals surface area contributed by atoms with E-state index in [2.05, 4.69) is 25.4 Å². The SMILES string of the molecule is CCc1cccc2cc(O)cc(-c3ncc4c(N5CC6CCC(C5)N6C(=O)OC(C)(C)C)nc(OCCN5CCC(CC6(F)CCN(CC(=O)N[C@H](C(=O)N7C[C@H](O)C[C@H]7C(=O)N[C@@H](C)c7ccc(-c8scnc8C)cc7)C(C)(C)C)CC6)CC5)nc4c3F)c12. The standard InChI is InChI=1S/C68H87F2N11O8S/c1-10-43-12-11-13-46-30-49(82)31-51(55(43)46)57-56(69)58-52(34-71-57)61(79-35-47-18-19-48(36-79)81(47)65(87)89-67(7,8)9)76-64(75-58)88-29-28-77-24-20-42(21-25-77)33-68(70)22-26-78(27-23-68)38-54(84)74-60(66(4,5)6)63(86)80-37-50(83)32-53(80)62(85)73-40(2)44-14-16-45(17-15-44)59-41(3)72-39-90-59/h11-17,30-31,34,39-40,42,47-48,50,53,60,82-83H,10,18-29,32-33,35-38H2,1-9H3,(H,73,85)(H,74,84)/t40-,47?,48?,50+,53-,60+/m0/s1.